The topological polar surface area (TPSA) is 21.3 Å². The van der Waals surface area contributed by atoms with E-state index in [2.05, 4.69) is 33.0 Å². The van der Waals surface area contributed by atoms with Gasteiger partial charge in [-0.2, -0.15) is 0 Å². The molecule has 0 aliphatic carbocycles. The smallest absolute Gasteiger partial charge is 0.0547 e. The average Bonchev–Trinajstić information content (AvgIpc) is 2.13. The molecule has 2 nitrogen and oxygen atoms in total. The monoisotopic (exact) mass is 201 g/mol. The summed E-state index contributed by atoms with van der Waals surface area (Å²) in [6.07, 6.45) is 5.22. The minimum Gasteiger partial charge on any atom is -0.379 e. The Balaban J connectivity index is 3.14. The molecule has 0 aliphatic rings. The minimum atomic E-state index is 0.426. The molecule has 0 saturated carbocycles. The summed E-state index contributed by atoms with van der Waals surface area (Å²) in [6.45, 7) is 10.8. The number of nitrogens with one attached hydrogen (secondary N) is 1. The van der Waals surface area contributed by atoms with Crippen LogP contribution in [-0.2, 0) is 4.74 Å². The van der Waals surface area contributed by atoms with Crippen molar-refractivity contribution in [2.24, 2.45) is 0 Å². The quantitative estimate of drug-likeness (QED) is 0.579. The maximum absolute atomic E-state index is 5.66. The van der Waals surface area contributed by atoms with Crippen LogP contribution in [0.4, 0.5) is 0 Å². The summed E-state index contributed by atoms with van der Waals surface area (Å²) in [7, 11) is 0. The molecule has 0 aromatic rings. The Kier molecular flexibility index (Phi) is 9.42. The van der Waals surface area contributed by atoms with Gasteiger partial charge in [-0.05, 0) is 32.7 Å². The van der Waals surface area contributed by atoms with E-state index in [1.807, 2.05) is 0 Å². The zero-order valence-corrected chi connectivity index (χ0v) is 10.3. The van der Waals surface area contributed by atoms with Crippen molar-refractivity contribution in [1.82, 2.24) is 5.32 Å². The SMILES string of the molecule is CCCCOC(C)CCCNC(C)C. The van der Waals surface area contributed by atoms with Crippen LogP contribution in [0.25, 0.3) is 0 Å². The Labute approximate surface area is 89.4 Å². The highest BCUT2D eigenvalue weighted by Gasteiger charge is 2.01. The third-order valence-electron chi connectivity index (χ3n) is 2.24. The Morgan fingerprint density at radius 2 is 1.86 bits per heavy atom. The van der Waals surface area contributed by atoms with Gasteiger partial charge in [0.2, 0.25) is 0 Å². The van der Waals surface area contributed by atoms with Crippen LogP contribution in [0.5, 0.6) is 0 Å². The van der Waals surface area contributed by atoms with E-state index >= 15 is 0 Å². The van der Waals surface area contributed by atoms with Crippen LogP contribution in [-0.4, -0.2) is 25.3 Å². The predicted octanol–water partition coefficient (Wildman–Crippen LogP) is 2.97. The highest BCUT2D eigenvalue weighted by molar-refractivity contribution is 4.56. The summed E-state index contributed by atoms with van der Waals surface area (Å²) in [5, 5.41) is 3.41. The number of unbranched alkanes of at least 4 members (excludes halogenated alkanes) is 1. The lowest BCUT2D eigenvalue weighted by Crippen LogP contribution is -2.24. The van der Waals surface area contributed by atoms with Crippen molar-refractivity contribution < 1.29 is 4.74 Å². The second-order valence-corrected chi connectivity index (χ2v) is 4.29. The largest absolute Gasteiger partial charge is 0.379 e. The normalized spacial score (nSPS) is 13.5. The Morgan fingerprint density at radius 1 is 1.14 bits per heavy atom. The van der Waals surface area contributed by atoms with Gasteiger partial charge in [-0.1, -0.05) is 27.2 Å². The molecule has 0 heterocycles. The summed E-state index contributed by atoms with van der Waals surface area (Å²) >= 11 is 0. The maximum atomic E-state index is 5.66. The van der Waals surface area contributed by atoms with Crippen molar-refractivity contribution in [1.29, 1.82) is 0 Å². The molecule has 0 fully saturated rings. The molecule has 0 spiro atoms. The first-order valence-electron chi connectivity index (χ1n) is 6.01. The fourth-order valence-electron chi connectivity index (χ4n) is 1.29. The van der Waals surface area contributed by atoms with Crippen LogP contribution >= 0.6 is 0 Å². The average molecular weight is 201 g/mol. The second-order valence-electron chi connectivity index (χ2n) is 4.29. The molecular weight excluding hydrogens is 174 g/mol. The molecule has 0 aromatic carbocycles. The van der Waals surface area contributed by atoms with Gasteiger partial charge in [0.15, 0.2) is 0 Å². The van der Waals surface area contributed by atoms with E-state index in [1.165, 1.54) is 25.7 Å². The molecule has 1 atom stereocenters. The standard InChI is InChI=1S/C12H27NO/c1-5-6-10-14-12(4)8-7-9-13-11(2)3/h11-13H,5-10H2,1-4H3. The van der Waals surface area contributed by atoms with Gasteiger partial charge in [0.1, 0.15) is 0 Å². The molecule has 0 radical (unpaired) electrons. The van der Waals surface area contributed by atoms with Gasteiger partial charge in [-0.25, -0.2) is 0 Å². The van der Waals surface area contributed by atoms with Crippen molar-refractivity contribution >= 4 is 0 Å². The van der Waals surface area contributed by atoms with Crippen LogP contribution in [0.3, 0.4) is 0 Å². The molecular formula is C12H27NO. The van der Waals surface area contributed by atoms with E-state index in [0.29, 0.717) is 12.1 Å². The predicted molar refractivity (Wildman–Crippen MR) is 62.7 cm³/mol. The van der Waals surface area contributed by atoms with Crippen molar-refractivity contribution in [2.75, 3.05) is 13.2 Å². The van der Waals surface area contributed by atoms with Crippen molar-refractivity contribution in [3.8, 4) is 0 Å². The lowest BCUT2D eigenvalue weighted by molar-refractivity contribution is 0.0570. The summed E-state index contributed by atoms with van der Waals surface area (Å²) < 4.78 is 5.66. The lowest BCUT2D eigenvalue weighted by Gasteiger charge is -2.13. The van der Waals surface area contributed by atoms with Gasteiger partial charge in [-0.15, -0.1) is 0 Å². The molecule has 1 N–H and O–H groups in total. The number of rotatable bonds is 9. The van der Waals surface area contributed by atoms with Crippen LogP contribution in [0.2, 0.25) is 0 Å². The number of ether oxygens (including phenoxy) is 1. The Morgan fingerprint density at radius 3 is 2.43 bits per heavy atom. The van der Waals surface area contributed by atoms with Gasteiger partial charge in [0.25, 0.3) is 0 Å². The van der Waals surface area contributed by atoms with Crippen molar-refractivity contribution in [3.05, 3.63) is 0 Å². The number of hydrogen-bond donors (Lipinski definition) is 1. The van der Waals surface area contributed by atoms with Gasteiger partial charge in [-0.3, -0.25) is 0 Å². The second kappa shape index (κ2) is 9.47. The Bertz CT molecular complexity index is 115. The molecule has 0 rings (SSSR count). The van der Waals surface area contributed by atoms with E-state index in [1.54, 1.807) is 0 Å². The van der Waals surface area contributed by atoms with Crippen LogP contribution in [0, 0.1) is 0 Å². The highest BCUT2D eigenvalue weighted by Crippen LogP contribution is 2.02. The van der Waals surface area contributed by atoms with E-state index < -0.39 is 0 Å². The number of hydrogen-bond acceptors (Lipinski definition) is 2. The fourth-order valence-corrected chi connectivity index (χ4v) is 1.29. The van der Waals surface area contributed by atoms with Gasteiger partial charge < -0.3 is 10.1 Å². The maximum Gasteiger partial charge on any atom is 0.0547 e. The Hall–Kier alpha value is -0.0800. The van der Waals surface area contributed by atoms with E-state index in [9.17, 15) is 0 Å². The van der Waals surface area contributed by atoms with Crippen LogP contribution in [0.15, 0.2) is 0 Å². The summed E-state index contributed by atoms with van der Waals surface area (Å²) in [4.78, 5) is 0. The van der Waals surface area contributed by atoms with Crippen molar-refractivity contribution in [3.63, 3.8) is 0 Å². The summed E-state index contributed by atoms with van der Waals surface area (Å²) in [5.41, 5.74) is 0. The molecule has 2 heteroatoms. The lowest BCUT2D eigenvalue weighted by atomic mass is 10.2. The fraction of sp³-hybridized carbons (Fsp3) is 1.00. The molecule has 0 bridgehead atoms. The van der Waals surface area contributed by atoms with Crippen molar-refractivity contribution in [2.45, 2.75) is 65.5 Å². The first-order valence-corrected chi connectivity index (χ1v) is 6.01. The molecule has 0 amide bonds. The van der Waals surface area contributed by atoms with Gasteiger partial charge in [0, 0.05) is 12.6 Å². The van der Waals surface area contributed by atoms with Gasteiger partial charge >= 0.3 is 0 Å². The summed E-state index contributed by atoms with van der Waals surface area (Å²) in [6, 6.07) is 0.603. The zero-order chi connectivity index (χ0) is 10.8. The first-order chi connectivity index (χ1) is 6.66. The third kappa shape index (κ3) is 10.0. The van der Waals surface area contributed by atoms with Crippen LogP contribution < -0.4 is 5.32 Å². The molecule has 1 unspecified atom stereocenters. The highest BCUT2D eigenvalue weighted by atomic mass is 16.5. The molecule has 0 aromatic heterocycles. The van der Waals surface area contributed by atoms with Gasteiger partial charge in [0.05, 0.1) is 6.10 Å². The third-order valence-corrected chi connectivity index (χ3v) is 2.24. The zero-order valence-electron chi connectivity index (χ0n) is 10.3. The summed E-state index contributed by atoms with van der Waals surface area (Å²) in [5.74, 6) is 0. The van der Waals surface area contributed by atoms with E-state index in [4.69, 9.17) is 4.74 Å². The molecule has 0 aliphatic heterocycles. The van der Waals surface area contributed by atoms with Crippen LogP contribution in [0.1, 0.15) is 53.4 Å². The molecule has 0 saturated heterocycles. The van der Waals surface area contributed by atoms with E-state index in [0.717, 1.165) is 13.2 Å². The first kappa shape index (κ1) is 13.9. The molecule has 86 valence electrons. The molecule has 14 heavy (non-hydrogen) atoms. The minimum absolute atomic E-state index is 0.426. The van der Waals surface area contributed by atoms with E-state index in [-0.39, 0.29) is 0 Å².